The molecule has 0 atom stereocenters. The lowest BCUT2D eigenvalue weighted by Gasteiger charge is -2.14. The molecule has 0 bridgehead atoms. The number of nitrogens with one attached hydrogen (secondary N) is 1. The second-order valence-electron chi connectivity index (χ2n) is 4.66. The van der Waals surface area contributed by atoms with Crippen LogP contribution in [-0.4, -0.2) is 28.8 Å². The molecule has 0 amide bonds. The second-order valence-corrected chi connectivity index (χ2v) is 4.66. The van der Waals surface area contributed by atoms with E-state index in [-0.39, 0.29) is 11.4 Å². The average Bonchev–Trinajstić information content (AvgIpc) is 2.39. The molecule has 6 nitrogen and oxygen atoms in total. The fourth-order valence-electron chi connectivity index (χ4n) is 2.02. The zero-order valence-corrected chi connectivity index (χ0v) is 11.7. The first-order valence-electron chi connectivity index (χ1n) is 6.30. The highest BCUT2D eigenvalue weighted by Gasteiger charge is 2.13. The Morgan fingerprint density at radius 2 is 1.80 bits per heavy atom. The van der Waals surface area contributed by atoms with Crippen molar-refractivity contribution in [2.24, 2.45) is 0 Å². The first-order valence-corrected chi connectivity index (χ1v) is 6.30. The molecule has 2 rings (SSSR count). The van der Waals surface area contributed by atoms with E-state index in [1.165, 1.54) is 0 Å². The van der Waals surface area contributed by atoms with Crippen LogP contribution < -0.4 is 16.1 Å². The van der Waals surface area contributed by atoms with E-state index in [1.54, 1.807) is 19.1 Å². The highest BCUT2D eigenvalue weighted by molar-refractivity contribution is 5.50. The molecular weight excluding hydrogens is 258 g/mol. The summed E-state index contributed by atoms with van der Waals surface area (Å²) in [5.74, 6) is -0.307. The normalized spacial score (nSPS) is 10.6. The lowest BCUT2D eigenvalue weighted by Crippen LogP contribution is -2.31. The van der Waals surface area contributed by atoms with E-state index in [2.05, 4.69) is 4.98 Å². The summed E-state index contributed by atoms with van der Waals surface area (Å²) in [6.45, 7) is 1.74. The van der Waals surface area contributed by atoms with Gasteiger partial charge in [0.25, 0.3) is 5.56 Å². The minimum absolute atomic E-state index is 0.196. The molecule has 0 aliphatic carbocycles. The fourth-order valence-corrected chi connectivity index (χ4v) is 2.02. The van der Waals surface area contributed by atoms with E-state index in [1.807, 2.05) is 31.1 Å². The smallest absolute Gasteiger partial charge is 0.335 e. The largest absolute Gasteiger partial charge is 0.494 e. The van der Waals surface area contributed by atoms with Crippen molar-refractivity contribution in [3.05, 3.63) is 50.7 Å². The van der Waals surface area contributed by atoms with Gasteiger partial charge >= 0.3 is 5.69 Å². The Morgan fingerprint density at radius 3 is 2.30 bits per heavy atom. The summed E-state index contributed by atoms with van der Waals surface area (Å²) < 4.78 is 1.10. The van der Waals surface area contributed by atoms with E-state index in [0.717, 1.165) is 10.3 Å². The lowest BCUT2D eigenvalue weighted by molar-refractivity contribution is 0.423. The van der Waals surface area contributed by atoms with Gasteiger partial charge in [-0.05, 0) is 30.7 Å². The summed E-state index contributed by atoms with van der Waals surface area (Å²) >= 11 is 0. The average molecular weight is 275 g/mol. The zero-order valence-electron chi connectivity index (χ0n) is 11.7. The van der Waals surface area contributed by atoms with E-state index < -0.39 is 11.2 Å². The molecule has 2 aromatic rings. The Hall–Kier alpha value is -2.50. The van der Waals surface area contributed by atoms with Crippen LogP contribution in [0, 0.1) is 0 Å². The van der Waals surface area contributed by atoms with Gasteiger partial charge in [0.15, 0.2) is 0 Å². The summed E-state index contributed by atoms with van der Waals surface area (Å²) in [4.78, 5) is 27.6. The molecule has 106 valence electrons. The minimum atomic E-state index is -0.651. The highest BCUT2D eigenvalue weighted by atomic mass is 16.3. The van der Waals surface area contributed by atoms with Crippen molar-refractivity contribution in [1.82, 2.24) is 9.55 Å². The summed E-state index contributed by atoms with van der Waals surface area (Å²) in [6.07, 6.45) is 0.344. The van der Waals surface area contributed by atoms with Crippen LogP contribution in [0.2, 0.25) is 0 Å². The maximum Gasteiger partial charge on any atom is 0.335 e. The molecule has 1 aromatic heterocycles. The molecule has 1 aromatic carbocycles. The van der Waals surface area contributed by atoms with Gasteiger partial charge < -0.3 is 10.0 Å². The number of aromatic hydroxyl groups is 1. The molecule has 0 aliphatic rings. The van der Waals surface area contributed by atoms with Crippen molar-refractivity contribution in [2.75, 3.05) is 19.0 Å². The van der Waals surface area contributed by atoms with E-state index in [4.69, 9.17) is 0 Å². The van der Waals surface area contributed by atoms with Crippen LogP contribution in [0.15, 0.2) is 33.9 Å². The third-order valence-electron chi connectivity index (χ3n) is 3.16. The van der Waals surface area contributed by atoms with Crippen LogP contribution in [0.1, 0.15) is 12.5 Å². The number of aromatic amines is 1. The molecule has 20 heavy (non-hydrogen) atoms. The number of nitrogens with zero attached hydrogens (tertiary/aromatic N) is 2. The van der Waals surface area contributed by atoms with Crippen molar-refractivity contribution < 1.29 is 5.11 Å². The van der Waals surface area contributed by atoms with Gasteiger partial charge in [0, 0.05) is 19.8 Å². The van der Waals surface area contributed by atoms with Crippen LogP contribution in [-0.2, 0) is 6.42 Å². The molecule has 0 radical (unpaired) electrons. The van der Waals surface area contributed by atoms with Crippen molar-refractivity contribution >= 4 is 5.69 Å². The third kappa shape index (κ3) is 2.32. The molecular formula is C14H17N3O3. The van der Waals surface area contributed by atoms with Gasteiger partial charge in [-0.3, -0.25) is 9.78 Å². The SMILES string of the molecule is CCc1c(O)n(-c2ccc(N(C)C)cc2)c(=O)[nH]c1=O. The van der Waals surface area contributed by atoms with Crippen LogP contribution in [0.3, 0.4) is 0 Å². The Labute approximate surface area is 115 Å². The molecule has 2 N–H and O–H groups in total. The lowest BCUT2D eigenvalue weighted by atomic mass is 10.2. The molecule has 0 saturated heterocycles. The Bertz CT molecular complexity index is 727. The summed E-state index contributed by atoms with van der Waals surface area (Å²) in [5.41, 5.74) is 0.477. The number of anilines is 1. The van der Waals surface area contributed by atoms with E-state index >= 15 is 0 Å². The summed E-state index contributed by atoms with van der Waals surface area (Å²) in [5, 5.41) is 10.1. The summed E-state index contributed by atoms with van der Waals surface area (Å²) in [7, 11) is 3.82. The molecule has 6 heteroatoms. The highest BCUT2D eigenvalue weighted by Crippen LogP contribution is 2.19. The van der Waals surface area contributed by atoms with Gasteiger partial charge in [-0.1, -0.05) is 6.92 Å². The van der Waals surface area contributed by atoms with Crippen LogP contribution in [0.25, 0.3) is 5.69 Å². The maximum atomic E-state index is 11.9. The number of rotatable bonds is 3. The van der Waals surface area contributed by atoms with Crippen LogP contribution in [0.5, 0.6) is 5.88 Å². The molecule has 0 unspecified atom stereocenters. The first kappa shape index (κ1) is 13.9. The number of aromatic nitrogens is 2. The zero-order chi connectivity index (χ0) is 14.9. The predicted molar refractivity (Wildman–Crippen MR) is 78.0 cm³/mol. The fraction of sp³-hybridized carbons (Fsp3) is 0.286. The number of hydrogen-bond acceptors (Lipinski definition) is 4. The minimum Gasteiger partial charge on any atom is -0.494 e. The molecule has 0 aliphatic heterocycles. The van der Waals surface area contributed by atoms with Crippen LogP contribution >= 0.6 is 0 Å². The van der Waals surface area contributed by atoms with Crippen molar-refractivity contribution in [3.63, 3.8) is 0 Å². The molecule has 0 saturated carbocycles. The van der Waals surface area contributed by atoms with Gasteiger partial charge in [-0.2, -0.15) is 0 Å². The molecule has 1 heterocycles. The summed E-state index contributed by atoms with van der Waals surface area (Å²) in [6, 6.07) is 7.10. The Balaban J connectivity index is 2.64. The first-order chi connectivity index (χ1) is 9.45. The number of benzene rings is 1. The Kier molecular flexibility index (Phi) is 3.65. The van der Waals surface area contributed by atoms with Gasteiger partial charge in [0.05, 0.1) is 11.3 Å². The topological polar surface area (TPSA) is 78.3 Å². The van der Waals surface area contributed by atoms with E-state index in [0.29, 0.717) is 12.1 Å². The monoisotopic (exact) mass is 275 g/mol. The quantitative estimate of drug-likeness (QED) is 0.871. The van der Waals surface area contributed by atoms with Crippen molar-refractivity contribution in [2.45, 2.75) is 13.3 Å². The van der Waals surface area contributed by atoms with Gasteiger partial charge in [-0.15, -0.1) is 0 Å². The van der Waals surface area contributed by atoms with Gasteiger partial charge in [-0.25, -0.2) is 9.36 Å². The number of H-pyrrole nitrogens is 1. The van der Waals surface area contributed by atoms with Crippen molar-refractivity contribution in [1.29, 1.82) is 0 Å². The Morgan fingerprint density at radius 1 is 1.20 bits per heavy atom. The maximum absolute atomic E-state index is 11.9. The third-order valence-corrected chi connectivity index (χ3v) is 3.16. The number of hydrogen-bond donors (Lipinski definition) is 2. The van der Waals surface area contributed by atoms with E-state index in [9.17, 15) is 14.7 Å². The standard InChI is InChI=1S/C14H17N3O3/c1-4-11-12(18)15-14(20)17(13(11)19)10-7-5-9(6-8-10)16(2)3/h5-8,19H,4H2,1-3H3,(H,15,18,20). The van der Waals surface area contributed by atoms with Gasteiger partial charge in [0.1, 0.15) is 0 Å². The predicted octanol–water partition coefficient (Wildman–Crippen LogP) is 0.860. The van der Waals surface area contributed by atoms with Crippen molar-refractivity contribution in [3.8, 4) is 11.6 Å². The van der Waals surface area contributed by atoms with Gasteiger partial charge in [0.2, 0.25) is 5.88 Å². The van der Waals surface area contributed by atoms with Crippen LogP contribution in [0.4, 0.5) is 5.69 Å². The second kappa shape index (κ2) is 5.24. The molecule has 0 spiro atoms. The molecule has 0 fully saturated rings.